The van der Waals surface area contributed by atoms with Crippen molar-refractivity contribution in [3.05, 3.63) is 64.0 Å². The molecule has 0 radical (unpaired) electrons. The first-order chi connectivity index (χ1) is 12.4. The van der Waals surface area contributed by atoms with Crippen LogP contribution in [0.3, 0.4) is 0 Å². The minimum Gasteiger partial charge on any atom is -0.480 e. The van der Waals surface area contributed by atoms with Crippen molar-refractivity contribution in [1.82, 2.24) is 0 Å². The van der Waals surface area contributed by atoms with Crippen molar-refractivity contribution < 1.29 is 18.7 Å². The van der Waals surface area contributed by atoms with E-state index in [0.29, 0.717) is 21.6 Å². The van der Waals surface area contributed by atoms with Crippen molar-refractivity contribution in [1.29, 1.82) is 0 Å². The molecule has 2 aromatic carbocycles. The van der Waals surface area contributed by atoms with Crippen LogP contribution in [-0.4, -0.2) is 18.7 Å². The Kier molecular flexibility index (Phi) is 5.28. The van der Waals surface area contributed by atoms with Crippen LogP contribution in [0.2, 0.25) is 5.02 Å². The molecule has 3 rings (SSSR count). The van der Waals surface area contributed by atoms with Gasteiger partial charge in [-0.15, -0.1) is 0 Å². The van der Waals surface area contributed by atoms with E-state index in [1.54, 1.807) is 19.9 Å². The van der Waals surface area contributed by atoms with E-state index in [0.717, 1.165) is 5.56 Å². The lowest BCUT2D eigenvalue weighted by atomic mass is 10.0. The summed E-state index contributed by atoms with van der Waals surface area (Å²) in [6.07, 6.45) is -0.232. The predicted octanol–water partition coefficient (Wildman–Crippen LogP) is 4.44. The third kappa shape index (κ3) is 4.06. The fraction of sp³-hybridized carbons (Fsp3) is 0.200. The molecule has 1 aromatic heterocycles. The molecular formula is C20H17ClO5. The molecule has 0 fully saturated rings. The second-order valence-corrected chi connectivity index (χ2v) is 6.36. The number of esters is 1. The van der Waals surface area contributed by atoms with Crippen LogP contribution in [-0.2, 0) is 9.53 Å². The predicted molar refractivity (Wildman–Crippen MR) is 99.7 cm³/mol. The molecule has 0 saturated carbocycles. The summed E-state index contributed by atoms with van der Waals surface area (Å²) < 4.78 is 15.7. The summed E-state index contributed by atoms with van der Waals surface area (Å²) >= 11 is 6.29. The molecule has 26 heavy (non-hydrogen) atoms. The topological polar surface area (TPSA) is 65.7 Å². The molecule has 0 aliphatic heterocycles. The number of fused-ring (bicyclic) bond motifs is 1. The van der Waals surface area contributed by atoms with Gasteiger partial charge in [0.05, 0.1) is 11.1 Å². The molecule has 0 saturated heterocycles. The Labute approximate surface area is 155 Å². The highest BCUT2D eigenvalue weighted by Gasteiger charge is 2.14. The van der Waals surface area contributed by atoms with Gasteiger partial charge in [-0.05, 0) is 31.0 Å². The van der Waals surface area contributed by atoms with Gasteiger partial charge in [-0.2, -0.15) is 0 Å². The highest BCUT2D eigenvalue weighted by atomic mass is 35.5. The van der Waals surface area contributed by atoms with Crippen LogP contribution < -0.4 is 10.4 Å². The standard InChI is InChI=1S/C20H17ClO5/c1-12(2)25-20(23)11-24-18-10-17-15(8-16(18)21)14(9-19(22)26-17)13-6-4-3-5-7-13/h3-10,12H,11H2,1-2H3. The molecule has 0 unspecified atom stereocenters. The summed E-state index contributed by atoms with van der Waals surface area (Å²) in [6, 6.07) is 14.0. The highest BCUT2D eigenvalue weighted by Crippen LogP contribution is 2.34. The van der Waals surface area contributed by atoms with Gasteiger partial charge in [0.1, 0.15) is 11.3 Å². The van der Waals surface area contributed by atoms with E-state index in [9.17, 15) is 9.59 Å². The lowest BCUT2D eigenvalue weighted by Crippen LogP contribution is -2.18. The third-order valence-electron chi connectivity index (χ3n) is 3.59. The summed E-state index contributed by atoms with van der Waals surface area (Å²) in [7, 11) is 0. The lowest BCUT2D eigenvalue weighted by molar-refractivity contribution is -0.149. The fourth-order valence-electron chi connectivity index (χ4n) is 2.56. The first-order valence-corrected chi connectivity index (χ1v) is 8.47. The van der Waals surface area contributed by atoms with Crippen molar-refractivity contribution >= 4 is 28.5 Å². The number of benzene rings is 2. The lowest BCUT2D eigenvalue weighted by Gasteiger charge is -2.12. The molecule has 0 amide bonds. The summed E-state index contributed by atoms with van der Waals surface area (Å²) in [4.78, 5) is 23.6. The number of carbonyl (C=O) groups excluding carboxylic acids is 1. The van der Waals surface area contributed by atoms with E-state index in [-0.39, 0.29) is 18.5 Å². The van der Waals surface area contributed by atoms with Crippen LogP contribution >= 0.6 is 11.6 Å². The average Bonchev–Trinajstić information content (AvgIpc) is 2.60. The molecule has 1 heterocycles. The van der Waals surface area contributed by atoms with Gasteiger partial charge in [0.15, 0.2) is 6.61 Å². The van der Waals surface area contributed by atoms with Gasteiger partial charge in [0.2, 0.25) is 0 Å². The molecule has 6 heteroatoms. The molecule has 5 nitrogen and oxygen atoms in total. The Balaban J connectivity index is 1.99. The summed E-state index contributed by atoms with van der Waals surface area (Å²) in [5.41, 5.74) is 1.43. The van der Waals surface area contributed by atoms with E-state index >= 15 is 0 Å². The van der Waals surface area contributed by atoms with Crippen LogP contribution in [0.4, 0.5) is 0 Å². The first kappa shape index (κ1) is 18.0. The minimum absolute atomic E-state index is 0.232. The number of ether oxygens (including phenoxy) is 2. The maximum absolute atomic E-state index is 11.9. The van der Waals surface area contributed by atoms with E-state index < -0.39 is 11.6 Å². The smallest absolute Gasteiger partial charge is 0.344 e. The van der Waals surface area contributed by atoms with Gasteiger partial charge >= 0.3 is 11.6 Å². The van der Waals surface area contributed by atoms with Gasteiger partial charge in [-0.1, -0.05) is 41.9 Å². The summed E-state index contributed by atoms with van der Waals surface area (Å²) in [6.45, 7) is 3.22. The molecular weight excluding hydrogens is 356 g/mol. The average molecular weight is 373 g/mol. The molecule has 0 spiro atoms. The minimum atomic E-state index is -0.504. The normalized spacial score (nSPS) is 10.9. The zero-order chi connectivity index (χ0) is 18.7. The fourth-order valence-corrected chi connectivity index (χ4v) is 2.78. The summed E-state index contributed by atoms with van der Waals surface area (Å²) in [5.74, 6) is -0.260. The Bertz CT molecular complexity index is 992. The van der Waals surface area contributed by atoms with Crippen LogP contribution in [0.15, 0.2) is 57.7 Å². The van der Waals surface area contributed by atoms with Gasteiger partial charge in [0, 0.05) is 17.5 Å². The van der Waals surface area contributed by atoms with Crippen LogP contribution in [0.1, 0.15) is 13.8 Å². The Morgan fingerprint density at radius 2 is 1.88 bits per heavy atom. The van der Waals surface area contributed by atoms with E-state index in [2.05, 4.69) is 0 Å². The number of rotatable bonds is 5. The number of hydrogen-bond donors (Lipinski definition) is 0. The highest BCUT2D eigenvalue weighted by molar-refractivity contribution is 6.33. The quantitative estimate of drug-likeness (QED) is 0.489. The van der Waals surface area contributed by atoms with Crippen LogP contribution in [0, 0.1) is 0 Å². The number of hydrogen-bond acceptors (Lipinski definition) is 5. The second-order valence-electron chi connectivity index (χ2n) is 5.95. The van der Waals surface area contributed by atoms with Gasteiger partial charge in [-0.3, -0.25) is 0 Å². The SMILES string of the molecule is CC(C)OC(=O)COc1cc2oc(=O)cc(-c3ccccc3)c2cc1Cl. The molecule has 0 bridgehead atoms. The van der Waals surface area contributed by atoms with Crippen molar-refractivity contribution in [2.24, 2.45) is 0 Å². The monoisotopic (exact) mass is 372 g/mol. The number of halogens is 1. The van der Waals surface area contributed by atoms with Crippen LogP contribution in [0.25, 0.3) is 22.1 Å². The third-order valence-corrected chi connectivity index (χ3v) is 3.89. The van der Waals surface area contributed by atoms with E-state index in [4.69, 9.17) is 25.5 Å². The molecule has 0 atom stereocenters. The van der Waals surface area contributed by atoms with E-state index in [1.807, 2.05) is 30.3 Å². The molecule has 0 aliphatic rings. The molecule has 0 N–H and O–H groups in total. The Morgan fingerprint density at radius 3 is 2.58 bits per heavy atom. The Hall–Kier alpha value is -2.79. The number of carbonyl (C=O) groups is 1. The first-order valence-electron chi connectivity index (χ1n) is 8.09. The van der Waals surface area contributed by atoms with Crippen molar-refractivity contribution in [2.75, 3.05) is 6.61 Å². The largest absolute Gasteiger partial charge is 0.480 e. The van der Waals surface area contributed by atoms with Crippen molar-refractivity contribution in [2.45, 2.75) is 20.0 Å². The van der Waals surface area contributed by atoms with Crippen molar-refractivity contribution in [3.8, 4) is 16.9 Å². The molecule has 0 aliphatic carbocycles. The van der Waals surface area contributed by atoms with Crippen LogP contribution in [0.5, 0.6) is 5.75 Å². The van der Waals surface area contributed by atoms with Gasteiger partial charge in [0.25, 0.3) is 0 Å². The zero-order valence-corrected chi connectivity index (χ0v) is 15.1. The van der Waals surface area contributed by atoms with Gasteiger partial charge < -0.3 is 13.9 Å². The summed E-state index contributed by atoms with van der Waals surface area (Å²) in [5, 5.41) is 0.985. The van der Waals surface area contributed by atoms with Gasteiger partial charge in [-0.25, -0.2) is 9.59 Å². The molecule has 3 aromatic rings. The maximum atomic E-state index is 11.9. The Morgan fingerprint density at radius 1 is 1.15 bits per heavy atom. The maximum Gasteiger partial charge on any atom is 0.344 e. The molecule has 134 valence electrons. The van der Waals surface area contributed by atoms with Crippen molar-refractivity contribution in [3.63, 3.8) is 0 Å². The van der Waals surface area contributed by atoms with E-state index in [1.165, 1.54) is 12.1 Å². The second kappa shape index (κ2) is 7.62. The zero-order valence-electron chi connectivity index (χ0n) is 14.3.